The van der Waals surface area contributed by atoms with Crippen LogP contribution in [0.2, 0.25) is 5.02 Å². The van der Waals surface area contributed by atoms with Gasteiger partial charge in [0.1, 0.15) is 5.52 Å². The molecule has 1 N–H and O–H groups in total. The Morgan fingerprint density at radius 1 is 1.11 bits per heavy atom. The third-order valence-electron chi connectivity index (χ3n) is 6.67. The van der Waals surface area contributed by atoms with E-state index in [9.17, 15) is 22.8 Å². The minimum atomic E-state index is -4.74. The number of alkyl halides is 3. The van der Waals surface area contributed by atoms with Crippen LogP contribution in [-0.4, -0.2) is 55.6 Å². The fourth-order valence-electron chi connectivity index (χ4n) is 4.87. The summed E-state index contributed by atoms with van der Waals surface area (Å²) in [5.41, 5.74) is 0.514. The molecule has 1 fully saturated rings. The van der Waals surface area contributed by atoms with Gasteiger partial charge in [-0.3, -0.25) is 24.2 Å². The summed E-state index contributed by atoms with van der Waals surface area (Å²) in [5, 5.41) is 6.71. The van der Waals surface area contributed by atoms with Crippen molar-refractivity contribution in [2.75, 3.05) is 13.1 Å². The van der Waals surface area contributed by atoms with Crippen molar-refractivity contribution in [1.29, 1.82) is 0 Å². The number of rotatable bonds is 4. The van der Waals surface area contributed by atoms with E-state index in [4.69, 9.17) is 11.6 Å². The second kappa shape index (κ2) is 10.1. The van der Waals surface area contributed by atoms with Gasteiger partial charge in [0, 0.05) is 50.1 Å². The van der Waals surface area contributed by atoms with E-state index in [1.807, 2.05) is 30.3 Å². The van der Waals surface area contributed by atoms with E-state index in [2.05, 4.69) is 20.4 Å². The minimum Gasteiger partial charge on any atom is -0.348 e. The average molecular weight is 543 g/mol. The van der Waals surface area contributed by atoms with Crippen molar-refractivity contribution in [3.8, 4) is 0 Å². The number of piperidine rings is 1. The van der Waals surface area contributed by atoms with E-state index in [-0.39, 0.29) is 24.9 Å². The maximum absolute atomic E-state index is 13.5. The SMILES string of the molecule is Cn1ncc(C(=O)N[C@@H]2CCN(C(=O)c3cc(Cl)c4nccnc4c3)C[C@@H]2c2ccccc2)c1C(F)(F)F. The van der Waals surface area contributed by atoms with Crippen molar-refractivity contribution in [2.45, 2.75) is 24.6 Å². The zero-order valence-corrected chi connectivity index (χ0v) is 20.9. The van der Waals surface area contributed by atoms with Gasteiger partial charge >= 0.3 is 6.18 Å². The number of hydrogen-bond donors (Lipinski definition) is 1. The smallest absolute Gasteiger partial charge is 0.348 e. The van der Waals surface area contributed by atoms with E-state index in [0.717, 1.165) is 18.8 Å². The standard InChI is InChI=1S/C26H22ClF3N6O2/c1-35-23(26(28,29)30)17(13-33-35)24(37)34-20-7-10-36(14-18(20)15-5-3-2-4-6-15)25(38)16-11-19(27)22-21(12-16)31-8-9-32-22/h2-6,8-9,11-13,18,20H,7,10,14H2,1H3,(H,34,37)/t18-,20-/m1/s1. The lowest BCUT2D eigenvalue weighted by atomic mass is 9.85. The van der Waals surface area contributed by atoms with Crippen molar-refractivity contribution >= 4 is 34.4 Å². The summed E-state index contributed by atoms with van der Waals surface area (Å²) in [6, 6.07) is 11.9. The number of nitrogens with one attached hydrogen (secondary N) is 1. The Morgan fingerprint density at radius 2 is 1.84 bits per heavy atom. The van der Waals surface area contributed by atoms with E-state index in [1.54, 1.807) is 17.0 Å². The molecule has 0 unspecified atom stereocenters. The summed E-state index contributed by atoms with van der Waals surface area (Å²) in [6.45, 7) is 0.519. The number of aromatic nitrogens is 4. The van der Waals surface area contributed by atoms with Crippen molar-refractivity contribution < 1.29 is 22.8 Å². The van der Waals surface area contributed by atoms with Gasteiger partial charge in [-0.25, -0.2) is 0 Å². The maximum atomic E-state index is 13.5. The van der Waals surface area contributed by atoms with Gasteiger partial charge in [0.2, 0.25) is 0 Å². The van der Waals surface area contributed by atoms with E-state index in [0.29, 0.717) is 32.7 Å². The molecule has 2 amide bonds. The molecule has 1 saturated heterocycles. The molecule has 0 bridgehead atoms. The first kappa shape index (κ1) is 25.7. The molecule has 4 aromatic rings. The number of carbonyl (C=O) groups is 2. The molecule has 1 aliphatic heterocycles. The number of nitrogens with zero attached hydrogens (tertiary/aromatic N) is 5. The molecule has 3 heterocycles. The Balaban J connectivity index is 1.41. The highest BCUT2D eigenvalue weighted by molar-refractivity contribution is 6.35. The Morgan fingerprint density at radius 3 is 2.58 bits per heavy atom. The minimum absolute atomic E-state index is 0.239. The van der Waals surface area contributed by atoms with E-state index in [1.165, 1.54) is 12.4 Å². The molecule has 0 aliphatic carbocycles. The molecule has 5 rings (SSSR count). The van der Waals surface area contributed by atoms with E-state index >= 15 is 0 Å². The number of aryl methyl sites for hydroxylation is 1. The molecule has 8 nitrogen and oxygen atoms in total. The highest BCUT2D eigenvalue weighted by Gasteiger charge is 2.41. The average Bonchev–Trinajstić information content (AvgIpc) is 3.31. The monoisotopic (exact) mass is 542 g/mol. The normalized spacial score (nSPS) is 18.0. The molecule has 12 heteroatoms. The highest BCUT2D eigenvalue weighted by Crippen LogP contribution is 2.33. The Labute approximate surface area is 220 Å². The summed E-state index contributed by atoms with van der Waals surface area (Å²) >= 11 is 6.35. The summed E-state index contributed by atoms with van der Waals surface area (Å²) < 4.78 is 41.3. The van der Waals surface area contributed by atoms with Gasteiger partial charge in [-0.05, 0) is 24.1 Å². The molecule has 0 radical (unpaired) electrons. The predicted molar refractivity (Wildman–Crippen MR) is 134 cm³/mol. The molecule has 2 aromatic heterocycles. The lowest BCUT2D eigenvalue weighted by Gasteiger charge is -2.39. The summed E-state index contributed by atoms with van der Waals surface area (Å²) in [5.74, 6) is -1.49. The molecule has 38 heavy (non-hydrogen) atoms. The van der Waals surface area contributed by atoms with Gasteiger partial charge in [-0.15, -0.1) is 0 Å². The number of likely N-dealkylation sites (tertiary alicyclic amines) is 1. The largest absolute Gasteiger partial charge is 0.433 e. The molecule has 0 spiro atoms. The topological polar surface area (TPSA) is 93.0 Å². The van der Waals surface area contributed by atoms with Crippen molar-refractivity contribution in [3.05, 3.63) is 88.5 Å². The zero-order valence-electron chi connectivity index (χ0n) is 20.1. The number of amides is 2. The van der Waals surface area contributed by atoms with E-state index < -0.39 is 29.4 Å². The number of hydrogen-bond acceptors (Lipinski definition) is 5. The first-order valence-electron chi connectivity index (χ1n) is 11.8. The number of benzene rings is 2. The molecule has 0 saturated carbocycles. The maximum Gasteiger partial charge on any atom is 0.433 e. The molecule has 196 valence electrons. The Bertz CT molecular complexity index is 1510. The zero-order chi connectivity index (χ0) is 27.0. The van der Waals surface area contributed by atoms with Crippen LogP contribution in [0.15, 0.2) is 61.1 Å². The summed E-state index contributed by atoms with van der Waals surface area (Å²) in [7, 11) is 1.14. The molecular weight excluding hydrogens is 521 g/mol. The quantitative estimate of drug-likeness (QED) is 0.411. The van der Waals surface area contributed by atoms with Crippen LogP contribution in [0.3, 0.4) is 0 Å². The van der Waals surface area contributed by atoms with Crippen LogP contribution in [0.25, 0.3) is 11.0 Å². The van der Waals surface area contributed by atoms with Crippen LogP contribution < -0.4 is 5.32 Å². The van der Waals surface area contributed by atoms with Gasteiger partial charge in [0.05, 0.1) is 22.3 Å². The lowest BCUT2D eigenvalue weighted by Crippen LogP contribution is -2.51. The highest BCUT2D eigenvalue weighted by atomic mass is 35.5. The van der Waals surface area contributed by atoms with Crippen LogP contribution in [-0.2, 0) is 13.2 Å². The van der Waals surface area contributed by atoms with Gasteiger partial charge in [-0.2, -0.15) is 18.3 Å². The lowest BCUT2D eigenvalue weighted by molar-refractivity contribution is -0.144. The first-order valence-corrected chi connectivity index (χ1v) is 12.2. The fraction of sp³-hybridized carbons (Fsp3) is 0.269. The van der Waals surface area contributed by atoms with Crippen molar-refractivity contribution in [1.82, 2.24) is 30.0 Å². The number of fused-ring (bicyclic) bond motifs is 1. The third kappa shape index (κ3) is 4.93. The van der Waals surface area contributed by atoms with Crippen LogP contribution in [0.4, 0.5) is 13.2 Å². The molecular formula is C26H22ClF3N6O2. The Hall–Kier alpha value is -3.99. The second-order valence-electron chi connectivity index (χ2n) is 9.05. The second-order valence-corrected chi connectivity index (χ2v) is 9.45. The van der Waals surface area contributed by atoms with Crippen LogP contribution in [0, 0.1) is 0 Å². The Kier molecular flexibility index (Phi) is 6.78. The number of carbonyl (C=O) groups excluding carboxylic acids is 2. The van der Waals surface area contributed by atoms with Crippen LogP contribution in [0.5, 0.6) is 0 Å². The summed E-state index contributed by atoms with van der Waals surface area (Å²) in [4.78, 5) is 36.6. The first-order chi connectivity index (χ1) is 18.1. The predicted octanol–water partition coefficient (Wildman–Crippen LogP) is 4.46. The van der Waals surface area contributed by atoms with Gasteiger partial charge in [0.25, 0.3) is 11.8 Å². The van der Waals surface area contributed by atoms with Crippen LogP contribution in [0.1, 0.15) is 44.3 Å². The number of halogens is 4. The van der Waals surface area contributed by atoms with Gasteiger partial charge in [-0.1, -0.05) is 41.9 Å². The van der Waals surface area contributed by atoms with Crippen LogP contribution >= 0.6 is 11.6 Å². The third-order valence-corrected chi connectivity index (χ3v) is 6.96. The molecule has 2 aromatic carbocycles. The van der Waals surface area contributed by atoms with Crippen molar-refractivity contribution in [3.63, 3.8) is 0 Å². The fourth-order valence-corrected chi connectivity index (χ4v) is 5.13. The van der Waals surface area contributed by atoms with Gasteiger partial charge < -0.3 is 10.2 Å². The summed E-state index contributed by atoms with van der Waals surface area (Å²) in [6.07, 6.45) is -0.458. The molecule has 2 atom stereocenters. The van der Waals surface area contributed by atoms with Gasteiger partial charge in [0.15, 0.2) is 5.69 Å². The van der Waals surface area contributed by atoms with Crippen molar-refractivity contribution in [2.24, 2.45) is 7.05 Å². The molecule has 1 aliphatic rings.